The number of rotatable bonds is 10. The van der Waals surface area contributed by atoms with E-state index in [1.165, 1.54) is 12.2 Å². The van der Waals surface area contributed by atoms with Gasteiger partial charge in [-0.15, -0.1) is 6.58 Å². The molecule has 0 aliphatic heterocycles. The first-order valence-corrected chi connectivity index (χ1v) is 7.33. The molecule has 0 saturated carbocycles. The van der Waals surface area contributed by atoms with Crippen LogP contribution in [0, 0.1) is 11.3 Å². The van der Waals surface area contributed by atoms with Crippen molar-refractivity contribution in [3.05, 3.63) is 12.2 Å². The van der Waals surface area contributed by atoms with E-state index in [0.717, 1.165) is 18.5 Å². The van der Waals surface area contributed by atoms with E-state index in [9.17, 15) is 4.79 Å². The molecule has 5 heteroatoms. The molecule has 0 heterocycles. The zero-order valence-electron chi connectivity index (χ0n) is 12.7. The summed E-state index contributed by atoms with van der Waals surface area (Å²) in [6.45, 7) is 13.0. The maximum absolute atomic E-state index is 12.2. The summed E-state index contributed by atoms with van der Waals surface area (Å²) in [7, 11) is 1.60. The molecule has 1 N–H and O–H groups in total. The van der Waals surface area contributed by atoms with E-state index >= 15 is 0 Å². The second-order valence-corrected chi connectivity index (χ2v) is 6.13. The Labute approximate surface area is 121 Å². The van der Waals surface area contributed by atoms with E-state index < -0.39 is 5.41 Å². The van der Waals surface area contributed by atoms with E-state index in [-0.39, 0.29) is 11.9 Å². The standard InChI is InChI=1S/C14H27NO3S/c1-11(2)10-14(5,12(3)4)13(16)18-9-7-8-15-19-17-6/h12,15H,1,7-10H2,2-6H3. The summed E-state index contributed by atoms with van der Waals surface area (Å²) in [5, 5.41) is 0. The van der Waals surface area contributed by atoms with Gasteiger partial charge in [-0.25, -0.2) is 4.72 Å². The van der Waals surface area contributed by atoms with Crippen molar-refractivity contribution in [1.82, 2.24) is 4.72 Å². The number of carbonyl (C=O) groups excluding carboxylic acids is 1. The predicted octanol–water partition coefficient (Wildman–Crippen LogP) is 3.35. The summed E-state index contributed by atoms with van der Waals surface area (Å²) in [6, 6.07) is 0. The van der Waals surface area contributed by atoms with Crippen LogP contribution in [-0.2, 0) is 13.7 Å². The molecule has 0 aliphatic carbocycles. The topological polar surface area (TPSA) is 47.6 Å². The van der Waals surface area contributed by atoms with Gasteiger partial charge in [0.1, 0.15) is 0 Å². The minimum atomic E-state index is -0.486. The van der Waals surface area contributed by atoms with Crippen molar-refractivity contribution in [2.24, 2.45) is 11.3 Å². The average molecular weight is 289 g/mol. The molecule has 0 aliphatic rings. The van der Waals surface area contributed by atoms with Crippen LogP contribution in [0.25, 0.3) is 0 Å². The maximum Gasteiger partial charge on any atom is 0.312 e. The quantitative estimate of drug-likeness (QED) is 0.220. The molecule has 19 heavy (non-hydrogen) atoms. The van der Waals surface area contributed by atoms with Crippen LogP contribution in [-0.4, -0.2) is 26.2 Å². The highest BCUT2D eigenvalue weighted by Crippen LogP contribution is 2.35. The average Bonchev–Trinajstić information content (AvgIpc) is 2.32. The summed E-state index contributed by atoms with van der Waals surface area (Å²) in [4.78, 5) is 12.2. The number of esters is 1. The molecule has 0 aromatic carbocycles. The number of hydrogen-bond donors (Lipinski definition) is 1. The molecule has 0 aromatic rings. The Morgan fingerprint density at radius 2 is 2.11 bits per heavy atom. The van der Waals surface area contributed by atoms with Crippen molar-refractivity contribution in [3.63, 3.8) is 0 Å². The zero-order chi connectivity index (χ0) is 14.9. The summed E-state index contributed by atoms with van der Waals surface area (Å²) in [5.41, 5.74) is 0.520. The highest BCUT2D eigenvalue weighted by atomic mass is 32.2. The second-order valence-electron chi connectivity index (χ2n) is 5.34. The summed E-state index contributed by atoms with van der Waals surface area (Å²) < 4.78 is 13.2. The first-order valence-electron chi connectivity index (χ1n) is 6.58. The Bertz CT molecular complexity index is 294. The monoisotopic (exact) mass is 289 g/mol. The van der Waals surface area contributed by atoms with E-state index in [2.05, 4.69) is 11.3 Å². The summed E-state index contributed by atoms with van der Waals surface area (Å²) in [5.74, 6) is 0.0868. The number of hydrogen-bond acceptors (Lipinski definition) is 5. The largest absolute Gasteiger partial charge is 0.465 e. The van der Waals surface area contributed by atoms with Gasteiger partial charge in [-0.3, -0.25) is 4.79 Å². The fourth-order valence-corrected chi connectivity index (χ4v) is 2.06. The number of nitrogens with one attached hydrogen (secondary N) is 1. The van der Waals surface area contributed by atoms with E-state index in [1.54, 1.807) is 7.11 Å². The Balaban J connectivity index is 4.16. The Morgan fingerprint density at radius 3 is 2.58 bits per heavy atom. The lowest BCUT2D eigenvalue weighted by Crippen LogP contribution is -2.35. The number of carbonyl (C=O) groups is 1. The normalized spacial score (nSPS) is 14.2. The second kappa shape index (κ2) is 9.39. The van der Waals surface area contributed by atoms with E-state index in [1.807, 2.05) is 27.7 Å². The molecule has 0 amide bonds. The highest BCUT2D eigenvalue weighted by Gasteiger charge is 2.37. The lowest BCUT2D eigenvalue weighted by molar-refractivity contribution is -0.157. The Kier molecular flexibility index (Phi) is 9.14. The van der Waals surface area contributed by atoms with Gasteiger partial charge in [0.15, 0.2) is 0 Å². The third-order valence-electron chi connectivity index (χ3n) is 3.21. The van der Waals surface area contributed by atoms with Gasteiger partial charge in [0.25, 0.3) is 0 Å². The smallest absolute Gasteiger partial charge is 0.312 e. The lowest BCUT2D eigenvalue weighted by Gasteiger charge is -2.31. The van der Waals surface area contributed by atoms with Gasteiger partial charge in [0.05, 0.1) is 31.4 Å². The Hall–Kier alpha value is -0.520. The van der Waals surface area contributed by atoms with Crippen molar-refractivity contribution in [1.29, 1.82) is 0 Å². The minimum Gasteiger partial charge on any atom is -0.465 e. The molecule has 0 radical (unpaired) electrons. The van der Waals surface area contributed by atoms with Crippen LogP contribution >= 0.6 is 12.2 Å². The van der Waals surface area contributed by atoms with Crippen LogP contribution in [0.4, 0.5) is 0 Å². The van der Waals surface area contributed by atoms with Gasteiger partial charge in [0, 0.05) is 6.54 Å². The van der Waals surface area contributed by atoms with Crippen molar-refractivity contribution in [2.75, 3.05) is 20.3 Å². The Morgan fingerprint density at radius 1 is 1.47 bits per heavy atom. The molecule has 112 valence electrons. The molecule has 1 unspecified atom stereocenters. The molecule has 1 atom stereocenters. The first kappa shape index (κ1) is 18.5. The fourth-order valence-electron chi connectivity index (χ4n) is 1.71. The third kappa shape index (κ3) is 6.99. The van der Waals surface area contributed by atoms with Gasteiger partial charge in [-0.1, -0.05) is 19.4 Å². The SMILES string of the molecule is C=C(C)CC(C)(C(=O)OCCCNSOC)C(C)C. The van der Waals surface area contributed by atoms with Crippen molar-refractivity contribution >= 4 is 18.2 Å². The van der Waals surface area contributed by atoms with Crippen molar-refractivity contribution in [2.45, 2.75) is 40.5 Å². The van der Waals surface area contributed by atoms with Crippen LogP contribution in [0.2, 0.25) is 0 Å². The summed E-state index contributed by atoms with van der Waals surface area (Å²) >= 11 is 1.18. The maximum atomic E-state index is 12.2. The molecule has 4 nitrogen and oxygen atoms in total. The van der Waals surface area contributed by atoms with Crippen molar-refractivity contribution < 1.29 is 13.7 Å². The molecular formula is C14H27NO3S. The number of ether oxygens (including phenoxy) is 1. The predicted molar refractivity (Wildman–Crippen MR) is 80.6 cm³/mol. The molecule has 0 fully saturated rings. The molecule has 0 bridgehead atoms. The molecular weight excluding hydrogens is 262 g/mol. The van der Waals surface area contributed by atoms with Gasteiger partial charge in [0.2, 0.25) is 0 Å². The van der Waals surface area contributed by atoms with Gasteiger partial charge >= 0.3 is 5.97 Å². The lowest BCUT2D eigenvalue weighted by atomic mass is 9.74. The summed E-state index contributed by atoms with van der Waals surface area (Å²) in [6.07, 6.45) is 1.44. The molecule has 0 aromatic heterocycles. The minimum absolute atomic E-state index is 0.134. The van der Waals surface area contributed by atoms with E-state index in [0.29, 0.717) is 13.0 Å². The molecule has 0 saturated heterocycles. The molecule has 0 rings (SSSR count). The zero-order valence-corrected chi connectivity index (χ0v) is 13.6. The fraction of sp³-hybridized carbons (Fsp3) is 0.786. The molecule has 0 spiro atoms. The van der Waals surface area contributed by atoms with Crippen LogP contribution in [0.1, 0.15) is 40.5 Å². The van der Waals surface area contributed by atoms with E-state index in [4.69, 9.17) is 8.92 Å². The van der Waals surface area contributed by atoms with Gasteiger partial charge < -0.3 is 8.92 Å². The number of allylic oxidation sites excluding steroid dienone is 1. The van der Waals surface area contributed by atoms with Crippen LogP contribution in [0.15, 0.2) is 12.2 Å². The first-order chi connectivity index (χ1) is 8.84. The van der Waals surface area contributed by atoms with Gasteiger partial charge in [-0.05, 0) is 32.6 Å². The van der Waals surface area contributed by atoms with Gasteiger partial charge in [-0.2, -0.15) is 0 Å². The highest BCUT2D eigenvalue weighted by molar-refractivity contribution is 7.92. The van der Waals surface area contributed by atoms with Crippen LogP contribution in [0.5, 0.6) is 0 Å². The van der Waals surface area contributed by atoms with Crippen LogP contribution in [0.3, 0.4) is 0 Å². The van der Waals surface area contributed by atoms with Crippen molar-refractivity contribution in [3.8, 4) is 0 Å². The third-order valence-corrected chi connectivity index (χ3v) is 3.70. The van der Waals surface area contributed by atoms with Crippen LogP contribution < -0.4 is 4.72 Å².